The fourth-order valence-electron chi connectivity index (χ4n) is 2.10. The van der Waals surface area contributed by atoms with E-state index >= 15 is 0 Å². The van der Waals surface area contributed by atoms with Gasteiger partial charge < -0.3 is 5.32 Å². The maximum absolute atomic E-state index is 13.5. The molecule has 2 aromatic rings. The van der Waals surface area contributed by atoms with Crippen LogP contribution < -0.4 is 5.32 Å². The number of amides is 1. The van der Waals surface area contributed by atoms with Crippen molar-refractivity contribution in [3.8, 4) is 0 Å². The first-order valence-electron chi connectivity index (χ1n) is 6.30. The molecule has 2 aromatic carbocycles. The number of rotatable bonds is 3. The molecule has 1 amide bonds. The summed E-state index contributed by atoms with van der Waals surface area (Å²) in [5.41, 5.74) is 1.84. The lowest BCUT2D eigenvalue weighted by molar-refractivity contribution is 0.0935. The summed E-state index contributed by atoms with van der Waals surface area (Å²) in [4.78, 5) is 12.0. The number of carbonyl (C=O) groups is 1. The second kappa shape index (κ2) is 5.82. The van der Waals surface area contributed by atoms with Crippen molar-refractivity contribution in [2.45, 2.75) is 19.9 Å². The van der Waals surface area contributed by atoms with Gasteiger partial charge in [0.2, 0.25) is 0 Å². The van der Waals surface area contributed by atoms with E-state index in [2.05, 4.69) is 5.32 Å². The number of hydrogen-bond donors (Lipinski definition) is 1. The van der Waals surface area contributed by atoms with Crippen LogP contribution in [-0.2, 0) is 0 Å². The number of halogens is 2. The quantitative estimate of drug-likeness (QED) is 0.907. The predicted octanol–water partition coefficient (Wildman–Crippen LogP) is 3.76. The third-order valence-corrected chi connectivity index (χ3v) is 3.18. The van der Waals surface area contributed by atoms with Gasteiger partial charge in [0.25, 0.3) is 5.91 Å². The van der Waals surface area contributed by atoms with Crippen LogP contribution in [0.1, 0.15) is 34.5 Å². The molecule has 0 aliphatic carbocycles. The lowest BCUT2D eigenvalue weighted by Crippen LogP contribution is -2.27. The SMILES string of the molecule is Cc1ccccc1C(C)NC(=O)c1ccc(F)cc1F. The monoisotopic (exact) mass is 275 g/mol. The Morgan fingerprint density at radius 2 is 1.85 bits per heavy atom. The summed E-state index contributed by atoms with van der Waals surface area (Å²) in [5, 5.41) is 2.71. The average Bonchev–Trinajstić information content (AvgIpc) is 2.38. The third kappa shape index (κ3) is 3.02. The van der Waals surface area contributed by atoms with Crippen molar-refractivity contribution >= 4 is 5.91 Å². The molecular formula is C16H15F2NO. The fraction of sp³-hybridized carbons (Fsp3) is 0.188. The van der Waals surface area contributed by atoms with Gasteiger partial charge in [-0.15, -0.1) is 0 Å². The van der Waals surface area contributed by atoms with Gasteiger partial charge >= 0.3 is 0 Å². The average molecular weight is 275 g/mol. The van der Waals surface area contributed by atoms with Crippen molar-refractivity contribution in [2.75, 3.05) is 0 Å². The molecule has 4 heteroatoms. The van der Waals surface area contributed by atoms with E-state index in [1.807, 2.05) is 38.1 Å². The molecule has 1 unspecified atom stereocenters. The summed E-state index contributed by atoms with van der Waals surface area (Å²) in [6, 6.07) is 10.3. The third-order valence-electron chi connectivity index (χ3n) is 3.18. The van der Waals surface area contributed by atoms with Gasteiger partial charge in [-0.2, -0.15) is 0 Å². The Morgan fingerprint density at radius 1 is 1.15 bits per heavy atom. The molecule has 0 aliphatic rings. The summed E-state index contributed by atoms with van der Waals surface area (Å²) < 4.78 is 26.4. The standard InChI is InChI=1S/C16H15F2NO/c1-10-5-3-4-6-13(10)11(2)19-16(20)14-8-7-12(17)9-15(14)18/h3-9,11H,1-2H3,(H,19,20). The van der Waals surface area contributed by atoms with Gasteiger partial charge in [0.05, 0.1) is 11.6 Å². The van der Waals surface area contributed by atoms with E-state index in [1.54, 1.807) is 0 Å². The van der Waals surface area contributed by atoms with Crippen molar-refractivity contribution in [1.82, 2.24) is 5.32 Å². The van der Waals surface area contributed by atoms with Crippen LogP contribution in [0.25, 0.3) is 0 Å². The molecule has 2 rings (SSSR count). The zero-order valence-electron chi connectivity index (χ0n) is 11.3. The Morgan fingerprint density at radius 3 is 2.50 bits per heavy atom. The van der Waals surface area contributed by atoms with E-state index in [0.717, 1.165) is 23.3 Å². The highest BCUT2D eigenvalue weighted by Crippen LogP contribution is 2.18. The Hall–Kier alpha value is -2.23. The summed E-state index contributed by atoms with van der Waals surface area (Å²) in [7, 11) is 0. The summed E-state index contributed by atoms with van der Waals surface area (Å²) in [5.74, 6) is -2.12. The predicted molar refractivity (Wildman–Crippen MR) is 73.4 cm³/mol. The maximum Gasteiger partial charge on any atom is 0.254 e. The summed E-state index contributed by atoms with van der Waals surface area (Å²) in [6.45, 7) is 3.76. The molecule has 0 fully saturated rings. The van der Waals surface area contributed by atoms with Crippen LogP contribution in [0.15, 0.2) is 42.5 Å². The number of aryl methyl sites for hydroxylation is 1. The largest absolute Gasteiger partial charge is 0.345 e. The van der Waals surface area contributed by atoms with E-state index in [-0.39, 0.29) is 11.6 Å². The number of hydrogen-bond acceptors (Lipinski definition) is 1. The highest BCUT2D eigenvalue weighted by atomic mass is 19.1. The van der Waals surface area contributed by atoms with Crippen LogP contribution in [0.3, 0.4) is 0 Å². The van der Waals surface area contributed by atoms with Crippen molar-refractivity contribution in [2.24, 2.45) is 0 Å². The van der Waals surface area contributed by atoms with E-state index in [9.17, 15) is 13.6 Å². The van der Waals surface area contributed by atoms with Gasteiger partial charge in [0.1, 0.15) is 11.6 Å². The van der Waals surface area contributed by atoms with Crippen LogP contribution in [0, 0.1) is 18.6 Å². The number of benzene rings is 2. The van der Waals surface area contributed by atoms with Crippen molar-refractivity contribution < 1.29 is 13.6 Å². The smallest absolute Gasteiger partial charge is 0.254 e. The Kier molecular flexibility index (Phi) is 4.13. The lowest BCUT2D eigenvalue weighted by atomic mass is 10.0. The first-order chi connectivity index (χ1) is 9.49. The van der Waals surface area contributed by atoms with Crippen molar-refractivity contribution in [1.29, 1.82) is 0 Å². The molecule has 0 heterocycles. The number of nitrogens with one attached hydrogen (secondary N) is 1. The molecule has 1 atom stereocenters. The maximum atomic E-state index is 13.5. The van der Waals surface area contributed by atoms with Gasteiger partial charge in [-0.3, -0.25) is 4.79 Å². The summed E-state index contributed by atoms with van der Waals surface area (Å²) in [6.07, 6.45) is 0. The topological polar surface area (TPSA) is 29.1 Å². The van der Waals surface area contributed by atoms with E-state index in [0.29, 0.717) is 6.07 Å². The molecule has 0 saturated heterocycles. The second-order valence-corrected chi connectivity index (χ2v) is 4.68. The van der Waals surface area contributed by atoms with Gasteiger partial charge in [0.15, 0.2) is 0 Å². The zero-order chi connectivity index (χ0) is 14.7. The minimum Gasteiger partial charge on any atom is -0.345 e. The Labute approximate surface area is 116 Å². The van der Waals surface area contributed by atoms with E-state index < -0.39 is 17.5 Å². The Balaban J connectivity index is 2.17. The molecule has 104 valence electrons. The van der Waals surface area contributed by atoms with Gasteiger partial charge in [-0.1, -0.05) is 24.3 Å². The van der Waals surface area contributed by atoms with Crippen molar-refractivity contribution in [3.63, 3.8) is 0 Å². The zero-order valence-corrected chi connectivity index (χ0v) is 11.3. The van der Waals surface area contributed by atoms with Crippen LogP contribution in [0.4, 0.5) is 8.78 Å². The molecular weight excluding hydrogens is 260 g/mol. The minimum atomic E-state index is -0.862. The molecule has 20 heavy (non-hydrogen) atoms. The van der Waals surface area contributed by atoms with Crippen LogP contribution in [0.2, 0.25) is 0 Å². The van der Waals surface area contributed by atoms with Crippen molar-refractivity contribution in [3.05, 3.63) is 70.8 Å². The molecule has 1 N–H and O–H groups in total. The van der Waals surface area contributed by atoms with Crippen LogP contribution in [0.5, 0.6) is 0 Å². The normalized spacial score (nSPS) is 12.0. The highest BCUT2D eigenvalue weighted by Gasteiger charge is 2.16. The molecule has 0 aromatic heterocycles. The van der Waals surface area contributed by atoms with Crippen LogP contribution >= 0.6 is 0 Å². The van der Waals surface area contributed by atoms with Gasteiger partial charge in [0, 0.05) is 6.07 Å². The summed E-state index contributed by atoms with van der Waals surface area (Å²) >= 11 is 0. The first kappa shape index (κ1) is 14.2. The second-order valence-electron chi connectivity index (χ2n) is 4.68. The van der Waals surface area contributed by atoms with Crippen LogP contribution in [-0.4, -0.2) is 5.91 Å². The number of carbonyl (C=O) groups excluding carboxylic acids is 1. The Bertz CT molecular complexity index is 640. The molecule has 0 saturated carbocycles. The molecule has 0 radical (unpaired) electrons. The van der Waals surface area contributed by atoms with E-state index in [1.165, 1.54) is 0 Å². The highest BCUT2D eigenvalue weighted by molar-refractivity contribution is 5.94. The molecule has 2 nitrogen and oxygen atoms in total. The lowest BCUT2D eigenvalue weighted by Gasteiger charge is -2.16. The fourth-order valence-corrected chi connectivity index (χ4v) is 2.10. The minimum absolute atomic E-state index is 0.160. The molecule has 0 bridgehead atoms. The molecule has 0 aliphatic heterocycles. The first-order valence-corrected chi connectivity index (χ1v) is 6.30. The van der Waals surface area contributed by atoms with Gasteiger partial charge in [-0.05, 0) is 37.1 Å². The van der Waals surface area contributed by atoms with Gasteiger partial charge in [-0.25, -0.2) is 8.78 Å². The molecule has 0 spiro atoms. The van der Waals surface area contributed by atoms with E-state index in [4.69, 9.17) is 0 Å².